The predicted molar refractivity (Wildman–Crippen MR) is 106 cm³/mol. The van der Waals surface area contributed by atoms with Crippen LogP contribution in [0.5, 0.6) is 0 Å². The first-order chi connectivity index (χ1) is 13.0. The van der Waals surface area contributed by atoms with E-state index in [1.807, 2.05) is 54.6 Å². The first-order valence-electron chi connectivity index (χ1n) is 8.68. The molecule has 1 fully saturated rings. The number of nitrogens with zero attached hydrogens (tertiary/aromatic N) is 1. The van der Waals surface area contributed by atoms with E-state index < -0.39 is 5.92 Å². The summed E-state index contributed by atoms with van der Waals surface area (Å²) in [5, 5.41) is 5.38. The van der Waals surface area contributed by atoms with Crippen LogP contribution < -0.4 is 15.5 Å². The van der Waals surface area contributed by atoms with Crippen molar-refractivity contribution < 1.29 is 14.4 Å². The summed E-state index contributed by atoms with van der Waals surface area (Å²) in [5.41, 5.74) is 1.74. The van der Waals surface area contributed by atoms with Crippen LogP contribution in [0.2, 0.25) is 0 Å². The normalized spacial score (nSPS) is 16.3. The van der Waals surface area contributed by atoms with Crippen LogP contribution in [-0.2, 0) is 20.9 Å². The molecule has 3 amide bonds. The van der Waals surface area contributed by atoms with Gasteiger partial charge in [0.25, 0.3) is 0 Å². The van der Waals surface area contributed by atoms with Gasteiger partial charge in [-0.1, -0.05) is 42.5 Å². The van der Waals surface area contributed by atoms with E-state index in [-0.39, 0.29) is 30.7 Å². The second kappa shape index (κ2) is 8.81. The number of para-hydroxylation sites is 1. The highest BCUT2D eigenvalue weighted by molar-refractivity contribution is 9.10. The van der Waals surface area contributed by atoms with Crippen molar-refractivity contribution in [3.63, 3.8) is 0 Å². The molecule has 1 heterocycles. The van der Waals surface area contributed by atoms with Crippen molar-refractivity contribution in [3.05, 3.63) is 64.6 Å². The zero-order chi connectivity index (χ0) is 19.2. The van der Waals surface area contributed by atoms with Crippen LogP contribution >= 0.6 is 15.9 Å². The number of halogens is 1. The molecule has 3 rings (SSSR count). The van der Waals surface area contributed by atoms with Gasteiger partial charge in [0.15, 0.2) is 0 Å². The largest absolute Gasteiger partial charge is 0.350 e. The highest BCUT2D eigenvalue weighted by atomic mass is 79.9. The van der Waals surface area contributed by atoms with E-state index in [2.05, 4.69) is 26.6 Å². The Balaban J connectivity index is 1.48. The molecular formula is C20H20BrN3O3. The molecule has 0 bridgehead atoms. The minimum atomic E-state index is -0.466. The molecule has 140 valence electrons. The third kappa shape index (κ3) is 4.95. The van der Waals surface area contributed by atoms with Gasteiger partial charge in [0.2, 0.25) is 17.7 Å². The van der Waals surface area contributed by atoms with Crippen molar-refractivity contribution in [2.45, 2.75) is 13.0 Å². The maximum atomic E-state index is 12.3. The van der Waals surface area contributed by atoms with Crippen LogP contribution in [0.15, 0.2) is 59.1 Å². The standard InChI is InChI=1S/C20H20BrN3O3/c21-16-8-4-5-9-17(16)24-13-15(10-19(24)26)20(27)23-12-18(25)22-11-14-6-2-1-3-7-14/h1-9,15H,10-13H2,(H,22,25)(H,23,27). The molecule has 1 aliphatic heterocycles. The van der Waals surface area contributed by atoms with Crippen LogP contribution in [0.1, 0.15) is 12.0 Å². The molecule has 2 N–H and O–H groups in total. The number of rotatable bonds is 6. The Morgan fingerprint density at radius 2 is 1.74 bits per heavy atom. The van der Waals surface area contributed by atoms with Gasteiger partial charge < -0.3 is 15.5 Å². The Hall–Kier alpha value is -2.67. The number of amides is 3. The molecule has 2 aromatic rings. The summed E-state index contributed by atoms with van der Waals surface area (Å²) in [5.74, 6) is -1.12. The molecule has 0 spiro atoms. The number of hydrogen-bond acceptors (Lipinski definition) is 3. The summed E-state index contributed by atoms with van der Waals surface area (Å²) in [6, 6.07) is 16.9. The van der Waals surface area contributed by atoms with Crippen LogP contribution in [0.3, 0.4) is 0 Å². The van der Waals surface area contributed by atoms with Gasteiger partial charge in [-0.15, -0.1) is 0 Å². The Labute approximate surface area is 166 Å². The fourth-order valence-corrected chi connectivity index (χ4v) is 3.46. The Bertz CT molecular complexity index is 841. The molecule has 0 radical (unpaired) electrons. The van der Waals surface area contributed by atoms with E-state index in [4.69, 9.17) is 0 Å². The molecule has 1 aliphatic rings. The molecule has 27 heavy (non-hydrogen) atoms. The minimum Gasteiger partial charge on any atom is -0.350 e. The summed E-state index contributed by atoms with van der Waals surface area (Å²) in [6.45, 7) is 0.609. The highest BCUT2D eigenvalue weighted by Gasteiger charge is 2.35. The van der Waals surface area contributed by atoms with Gasteiger partial charge in [-0.2, -0.15) is 0 Å². The maximum absolute atomic E-state index is 12.3. The molecular weight excluding hydrogens is 410 g/mol. The van der Waals surface area contributed by atoms with Crippen molar-refractivity contribution >= 4 is 39.3 Å². The van der Waals surface area contributed by atoms with Gasteiger partial charge in [0.1, 0.15) is 0 Å². The quantitative estimate of drug-likeness (QED) is 0.738. The average Bonchev–Trinajstić information content (AvgIpc) is 3.07. The van der Waals surface area contributed by atoms with Gasteiger partial charge in [0.05, 0.1) is 18.2 Å². The van der Waals surface area contributed by atoms with Crippen molar-refractivity contribution in [3.8, 4) is 0 Å². The zero-order valence-corrected chi connectivity index (χ0v) is 16.2. The molecule has 1 saturated heterocycles. The van der Waals surface area contributed by atoms with Gasteiger partial charge in [-0.3, -0.25) is 14.4 Å². The summed E-state index contributed by atoms with van der Waals surface area (Å²) in [6.07, 6.45) is 0.138. The number of carbonyl (C=O) groups excluding carboxylic acids is 3. The topological polar surface area (TPSA) is 78.5 Å². The monoisotopic (exact) mass is 429 g/mol. The molecule has 1 atom stereocenters. The van der Waals surface area contributed by atoms with Crippen LogP contribution in [-0.4, -0.2) is 30.8 Å². The number of hydrogen-bond donors (Lipinski definition) is 2. The van der Waals surface area contributed by atoms with E-state index in [0.717, 1.165) is 15.7 Å². The first-order valence-corrected chi connectivity index (χ1v) is 9.47. The van der Waals surface area contributed by atoms with Gasteiger partial charge in [-0.25, -0.2) is 0 Å². The third-order valence-corrected chi connectivity index (χ3v) is 5.07. The van der Waals surface area contributed by atoms with E-state index in [1.165, 1.54) is 0 Å². The Morgan fingerprint density at radius 3 is 2.48 bits per heavy atom. The third-order valence-electron chi connectivity index (χ3n) is 4.39. The summed E-state index contributed by atoms with van der Waals surface area (Å²) < 4.78 is 0.805. The van der Waals surface area contributed by atoms with Crippen molar-refractivity contribution in [1.29, 1.82) is 0 Å². The van der Waals surface area contributed by atoms with E-state index in [0.29, 0.717) is 13.1 Å². The fraction of sp³-hybridized carbons (Fsp3) is 0.250. The smallest absolute Gasteiger partial charge is 0.239 e. The lowest BCUT2D eigenvalue weighted by Gasteiger charge is -2.18. The van der Waals surface area contributed by atoms with E-state index >= 15 is 0 Å². The molecule has 0 aromatic heterocycles. The first kappa shape index (κ1) is 19.1. The van der Waals surface area contributed by atoms with Gasteiger partial charge in [0, 0.05) is 24.0 Å². The van der Waals surface area contributed by atoms with Crippen molar-refractivity contribution in [2.24, 2.45) is 5.92 Å². The second-order valence-corrected chi connectivity index (χ2v) is 7.19. The molecule has 0 saturated carbocycles. The Morgan fingerprint density at radius 1 is 1.04 bits per heavy atom. The number of nitrogens with one attached hydrogen (secondary N) is 2. The lowest BCUT2D eigenvalue weighted by Crippen LogP contribution is -2.40. The molecule has 7 heteroatoms. The number of anilines is 1. The highest BCUT2D eigenvalue weighted by Crippen LogP contribution is 2.31. The second-order valence-electron chi connectivity index (χ2n) is 6.34. The van der Waals surface area contributed by atoms with Gasteiger partial charge >= 0.3 is 0 Å². The predicted octanol–water partition coefficient (Wildman–Crippen LogP) is 2.23. The van der Waals surface area contributed by atoms with Crippen LogP contribution in [0.25, 0.3) is 0 Å². The lowest BCUT2D eigenvalue weighted by atomic mass is 10.1. The van der Waals surface area contributed by atoms with Gasteiger partial charge in [-0.05, 0) is 33.6 Å². The zero-order valence-electron chi connectivity index (χ0n) is 14.7. The minimum absolute atomic E-state index is 0.101. The Kier molecular flexibility index (Phi) is 6.24. The number of carbonyl (C=O) groups is 3. The lowest BCUT2D eigenvalue weighted by molar-refractivity contribution is -0.129. The molecule has 2 aromatic carbocycles. The van der Waals surface area contributed by atoms with Crippen LogP contribution in [0.4, 0.5) is 5.69 Å². The van der Waals surface area contributed by atoms with Crippen LogP contribution in [0, 0.1) is 5.92 Å². The molecule has 0 aliphatic carbocycles. The van der Waals surface area contributed by atoms with E-state index in [1.54, 1.807) is 4.90 Å². The summed E-state index contributed by atoms with van der Waals surface area (Å²) >= 11 is 3.43. The summed E-state index contributed by atoms with van der Waals surface area (Å²) in [4.78, 5) is 38.2. The molecule has 6 nitrogen and oxygen atoms in total. The fourth-order valence-electron chi connectivity index (χ4n) is 2.96. The summed E-state index contributed by atoms with van der Waals surface area (Å²) in [7, 11) is 0. The maximum Gasteiger partial charge on any atom is 0.239 e. The molecule has 1 unspecified atom stereocenters. The number of benzene rings is 2. The van der Waals surface area contributed by atoms with Crippen molar-refractivity contribution in [1.82, 2.24) is 10.6 Å². The average molecular weight is 430 g/mol. The van der Waals surface area contributed by atoms with Crippen molar-refractivity contribution in [2.75, 3.05) is 18.0 Å². The SMILES string of the molecule is O=C(CNC(=O)C1CC(=O)N(c2ccccc2Br)C1)NCc1ccccc1. The van der Waals surface area contributed by atoms with E-state index in [9.17, 15) is 14.4 Å².